The van der Waals surface area contributed by atoms with Crippen molar-refractivity contribution in [3.8, 4) is 0 Å². The number of aliphatic carboxylic acids is 2. The van der Waals surface area contributed by atoms with E-state index in [2.05, 4.69) is 5.32 Å². The normalized spacial score (nSPS) is 44.9. The van der Waals surface area contributed by atoms with Crippen LogP contribution < -0.4 is 5.32 Å². The number of ketones is 2. The van der Waals surface area contributed by atoms with Gasteiger partial charge in [0.1, 0.15) is 176 Å². The number of nitrogens with one attached hydrogen (secondary N) is 1. The molecule has 0 radical (unpaired) electrons. The summed E-state index contributed by atoms with van der Waals surface area (Å²) >= 11 is 1.66. The van der Waals surface area contributed by atoms with Gasteiger partial charge in [0, 0.05) is 42.3 Å². The Morgan fingerprint density at radius 3 is 0.845 bits per heavy atom. The van der Waals surface area contributed by atoms with E-state index >= 15 is 0 Å². The van der Waals surface area contributed by atoms with E-state index in [4.69, 9.17) is 75.8 Å². The number of carboxylic acids is 2. The molecule has 14 bridgehead atoms. The summed E-state index contributed by atoms with van der Waals surface area (Å²) < 4.78 is 93.3. The molecule has 21 fully saturated rings. The van der Waals surface area contributed by atoms with E-state index < -0.39 is 290 Å². The number of aliphatic hydroxyl groups is 19. The summed E-state index contributed by atoms with van der Waals surface area (Å²) in [4.78, 5) is 48.7. The average molecular weight is 1540 g/mol. The SMILES string of the molecule is CN[C@H](CSCC1O[C@H]2O[C@@H]3C(CO)OC(O[C@@H]4C(CO)O[C@H](O[C@@H]5C(CO)O[C@H](O[C@@H]6C(CSC[C@@H](CC(=O)CCOCCOCCC(C)=O)C(=O)O)O[C@H](O[C@@H]7C(CO)O[C@@H](O[C@@H]8C(CO)O[C@@H](O[C@H]1[C@H](O)C2O)C(O)[C@H]8O)C(O)[C@H]7O)C(O)[C@H]6O)C(O)[C@H]5O)C(O)[C@H]4O)[C@@H](O)[C@H]3O)C(=O)O. The molecule has 0 spiro atoms. The minimum atomic E-state index is -2.31. The fourth-order valence-electron chi connectivity index (χ4n) is 12.6. The van der Waals surface area contributed by atoms with Crippen LogP contribution in [-0.4, -0.2) is 441 Å². The van der Waals surface area contributed by atoms with E-state index in [0.717, 1.165) is 23.5 Å². The Kier molecular flexibility index (Phi) is 33.4. The first-order valence-corrected chi connectivity index (χ1v) is 35.5. The third kappa shape index (κ3) is 21.0. The zero-order valence-corrected chi connectivity index (χ0v) is 57.2. The maximum atomic E-state index is 13.0. The maximum absolute atomic E-state index is 13.0. The average Bonchev–Trinajstić information content (AvgIpc) is 0.785. The lowest BCUT2D eigenvalue weighted by atomic mass is 9.95. The first kappa shape index (κ1) is 86.1. The smallest absolute Gasteiger partial charge is 0.321 e. The molecule has 14 unspecified atom stereocenters. The number of thioether (sulfide) groups is 2. The monoisotopic (exact) mass is 1540 g/mol. The number of ether oxygens (including phenoxy) is 16. The van der Waals surface area contributed by atoms with Gasteiger partial charge in [0.2, 0.25) is 0 Å². The van der Waals surface area contributed by atoms with Crippen molar-refractivity contribution in [1.29, 1.82) is 0 Å². The van der Waals surface area contributed by atoms with Gasteiger partial charge in [-0.1, -0.05) is 0 Å². The summed E-state index contributed by atoms with van der Waals surface area (Å²) in [6.45, 7) is -3.91. The standard InChI is InChI=1S/C59H97NO41S2/c1-19(66)3-5-86-7-8-87-6-4-21(67)9-20(51(82)83)15-102-17-28-49-35(73)42(80)58(93-28)98-47-26(13-64)89-55(38(76)31(47)69)97-46-25(12-63)92-57(41(79)34(46)72)101-50-29(18-103-16-22(60-2)52(84)85)94-59(43(81)36(50)74)99-48-27(14-65)90-54(39(77)32(48)70)95-44-23(10-61)88-53(37(75)30(44)68)96-45-24(11-62)91-56(100-49)40(78)33(45)71/h20,22-50,53-65,68-81H,3-18H2,1-2H3,(H,82,83)(H,84,85)/t20-,22-,23?,24?,25?,26?,27?,28?,29?,30-,31-,32-,33-,34-,35-,36-,37?,38?,39+,40?,41?,42?,43?,44-,45-,46-,47-,48-,49-,50-,53-,54?,55+,56-,57+,58-,59+/m1/s1. The highest BCUT2D eigenvalue weighted by molar-refractivity contribution is 7.99. The number of rotatable bonds is 27. The van der Waals surface area contributed by atoms with E-state index in [9.17, 15) is 126 Å². The van der Waals surface area contributed by atoms with Gasteiger partial charge >= 0.3 is 11.9 Å². The Bertz CT molecular complexity index is 2610. The molecule has 0 amide bonds. The predicted octanol–water partition coefficient (Wildman–Crippen LogP) is -13.0. The van der Waals surface area contributed by atoms with Crippen LogP contribution in [0.4, 0.5) is 0 Å². The lowest BCUT2D eigenvalue weighted by Gasteiger charge is -2.50. The molecule has 0 aliphatic carbocycles. The van der Waals surface area contributed by atoms with Crippen molar-refractivity contribution in [2.24, 2.45) is 5.92 Å². The number of carbonyl (C=O) groups excluding carboxylic acids is 2. The molecule has 596 valence electrons. The number of hydrogen-bond donors (Lipinski definition) is 22. The Labute approximate surface area is 595 Å². The minimum Gasteiger partial charge on any atom is -0.481 e. The Morgan fingerprint density at radius 2 is 0.602 bits per heavy atom. The van der Waals surface area contributed by atoms with Gasteiger partial charge in [0.05, 0.1) is 77.6 Å². The number of carboxylic acid groups (broad SMARTS) is 2. The van der Waals surface area contributed by atoms with Crippen molar-refractivity contribution in [3.05, 3.63) is 0 Å². The highest BCUT2D eigenvalue weighted by atomic mass is 32.2. The number of likely N-dealkylation sites (N-methyl/N-ethyl adjacent to an activating group) is 1. The quantitative estimate of drug-likeness (QED) is 0.0340. The first-order valence-electron chi connectivity index (χ1n) is 33.2. The van der Waals surface area contributed by atoms with Gasteiger partial charge in [-0.05, 0) is 14.0 Å². The molecule has 0 saturated carbocycles. The zero-order chi connectivity index (χ0) is 75.4. The summed E-state index contributed by atoms with van der Waals surface area (Å²) in [6.07, 6.45) is -73.1. The van der Waals surface area contributed by atoms with Crippen LogP contribution in [0.3, 0.4) is 0 Å². The molecule has 21 heterocycles. The second-order valence-corrected chi connectivity index (χ2v) is 27.9. The van der Waals surface area contributed by atoms with Crippen molar-refractivity contribution < 1.29 is 202 Å². The predicted molar refractivity (Wildman–Crippen MR) is 332 cm³/mol. The molecule has 21 aliphatic rings. The Morgan fingerprint density at radius 1 is 0.350 bits per heavy atom. The van der Waals surface area contributed by atoms with Crippen LogP contribution >= 0.6 is 23.5 Å². The lowest BCUT2D eigenvalue weighted by Crippen LogP contribution is -2.68. The van der Waals surface area contributed by atoms with E-state index in [-0.39, 0.29) is 62.3 Å². The molecular formula is C59H97NO41S2. The van der Waals surface area contributed by atoms with Gasteiger partial charge < -0.3 is 188 Å². The number of hydrogen-bond acceptors (Lipinski definition) is 42. The highest BCUT2D eigenvalue weighted by Gasteiger charge is 2.60. The number of aliphatic hydroxyl groups excluding tert-OH is 19. The molecule has 0 aromatic carbocycles. The molecule has 103 heavy (non-hydrogen) atoms. The Hall–Kier alpha value is -2.46. The van der Waals surface area contributed by atoms with Gasteiger partial charge in [-0.3, -0.25) is 19.2 Å². The topological polar surface area (TPSA) is 653 Å². The second kappa shape index (κ2) is 40.0. The van der Waals surface area contributed by atoms with Gasteiger partial charge in [-0.15, -0.1) is 0 Å². The molecule has 37 atom stereocenters. The summed E-state index contributed by atoms with van der Waals surface area (Å²) in [5, 5.41) is 239. The van der Waals surface area contributed by atoms with Crippen LogP contribution in [0.5, 0.6) is 0 Å². The van der Waals surface area contributed by atoms with Crippen molar-refractivity contribution in [3.63, 3.8) is 0 Å². The van der Waals surface area contributed by atoms with E-state index in [1.807, 2.05) is 0 Å². The molecule has 21 aliphatic heterocycles. The fraction of sp³-hybridized carbons (Fsp3) is 0.932. The van der Waals surface area contributed by atoms with Crippen molar-refractivity contribution in [1.82, 2.24) is 5.32 Å². The van der Waals surface area contributed by atoms with Crippen molar-refractivity contribution in [2.45, 2.75) is 247 Å². The molecule has 42 nitrogen and oxygen atoms in total. The van der Waals surface area contributed by atoms with Crippen LogP contribution in [0.2, 0.25) is 0 Å². The summed E-state index contributed by atoms with van der Waals surface area (Å²) in [6, 6.07) is -1.18. The highest BCUT2D eigenvalue weighted by Crippen LogP contribution is 2.40. The third-order valence-electron chi connectivity index (χ3n) is 18.6. The second-order valence-electron chi connectivity index (χ2n) is 25.7. The number of carbonyl (C=O) groups is 4. The van der Waals surface area contributed by atoms with Crippen molar-refractivity contribution in [2.75, 3.05) is 89.5 Å². The molecule has 0 aromatic heterocycles. The van der Waals surface area contributed by atoms with Gasteiger partial charge in [-0.2, -0.15) is 23.5 Å². The largest absolute Gasteiger partial charge is 0.481 e. The molecular weight excluding hydrogens is 1440 g/mol. The summed E-state index contributed by atoms with van der Waals surface area (Å²) in [5.41, 5.74) is 0. The van der Waals surface area contributed by atoms with Crippen LogP contribution in [-0.2, 0) is 95.0 Å². The zero-order valence-electron chi connectivity index (χ0n) is 55.5. The molecule has 21 saturated heterocycles. The molecule has 21 rings (SSSR count). The number of Topliss-reactive ketones (excluding diaryl/α,β-unsaturated/α-hetero) is 2. The summed E-state index contributed by atoms with van der Waals surface area (Å²) in [5.74, 6) is -6.08. The van der Waals surface area contributed by atoms with Crippen LogP contribution in [0.1, 0.15) is 26.2 Å². The maximum Gasteiger partial charge on any atom is 0.321 e. The van der Waals surface area contributed by atoms with E-state index in [1.165, 1.54) is 14.0 Å². The Balaban J connectivity index is 1.08. The summed E-state index contributed by atoms with van der Waals surface area (Å²) in [7, 11) is 1.35. The first-order chi connectivity index (χ1) is 49.0. The minimum absolute atomic E-state index is 0.0645. The van der Waals surface area contributed by atoms with Gasteiger partial charge in [0.25, 0.3) is 0 Å². The molecule has 22 N–H and O–H groups in total. The van der Waals surface area contributed by atoms with E-state index in [0.29, 0.717) is 0 Å². The van der Waals surface area contributed by atoms with Crippen LogP contribution in [0.15, 0.2) is 0 Å². The van der Waals surface area contributed by atoms with Crippen LogP contribution in [0, 0.1) is 5.92 Å². The third-order valence-corrected chi connectivity index (χ3v) is 20.9. The fourth-order valence-corrected chi connectivity index (χ4v) is 15.0. The van der Waals surface area contributed by atoms with Gasteiger partial charge in [0.15, 0.2) is 44.0 Å². The lowest BCUT2D eigenvalue weighted by molar-refractivity contribution is -0.395. The van der Waals surface area contributed by atoms with Crippen LogP contribution in [0.25, 0.3) is 0 Å². The van der Waals surface area contributed by atoms with Crippen molar-refractivity contribution >= 4 is 47.0 Å². The van der Waals surface area contributed by atoms with Gasteiger partial charge in [-0.25, -0.2) is 0 Å². The molecule has 0 aromatic rings. The van der Waals surface area contributed by atoms with E-state index in [1.54, 1.807) is 0 Å². The molecule has 44 heteroatoms.